The van der Waals surface area contributed by atoms with Crippen molar-refractivity contribution >= 4 is 17.4 Å². The Kier molecular flexibility index (Phi) is 3.50. The lowest BCUT2D eigenvalue weighted by molar-refractivity contribution is 0.102. The summed E-state index contributed by atoms with van der Waals surface area (Å²) in [6, 6.07) is 3.32. The van der Waals surface area contributed by atoms with Crippen molar-refractivity contribution in [2.45, 2.75) is 19.8 Å². The Hall–Kier alpha value is -2.37. The molecule has 2 rings (SSSR count). The van der Waals surface area contributed by atoms with Crippen LogP contribution in [0.2, 0.25) is 0 Å². The van der Waals surface area contributed by atoms with Crippen molar-refractivity contribution < 1.29 is 4.79 Å². The van der Waals surface area contributed by atoms with Crippen LogP contribution in [0.1, 0.15) is 35.8 Å². The number of carbonyl (C=O) groups excluding carboxylic acids is 1. The molecule has 0 bridgehead atoms. The van der Waals surface area contributed by atoms with Crippen molar-refractivity contribution in [1.82, 2.24) is 14.8 Å². The number of aryl methyl sites for hydroxylation is 1. The molecule has 0 saturated heterocycles. The number of pyridine rings is 1. The van der Waals surface area contributed by atoms with E-state index < -0.39 is 0 Å². The molecule has 6 nitrogen and oxygen atoms in total. The second-order valence-corrected chi connectivity index (χ2v) is 4.72. The van der Waals surface area contributed by atoms with Gasteiger partial charge in [0.2, 0.25) is 0 Å². The molecule has 6 heteroatoms. The van der Waals surface area contributed by atoms with Crippen molar-refractivity contribution in [2.24, 2.45) is 7.05 Å². The fourth-order valence-electron chi connectivity index (χ4n) is 1.69. The summed E-state index contributed by atoms with van der Waals surface area (Å²) >= 11 is 0. The Balaban J connectivity index is 2.23. The van der Waals surface area contributed by atoms with Crippen molar-refractivity contribution in [1.29, 1.82) is 0 Å². The maximum atomic E-state index is 12.1. The molecule has 100 valence electrons. The van der Waals surface area contributed by atoms with Gasteiger partial charge in [0.15, 0.2) is 0 Å². The number of hydrogen-bond donors (Lipinski definition) is 2. The number of nitrogens with one attached hydrogen (secondary N) is 1. The van der Waals surface area contributed by atoms with E-state index in [0.717, 1.165) is 5.69 Å². The second-order valence-electron chi connectivity index (χ2n) is 4.72. The highest BCUT2D eigenvalue weighted by atomic mass is 16.1. The summed E-state index contributed by atoms with van der Waals surface area (Å²) in [6.45, 7) is 4.01. The first-order valence-corrected chi connectivity index (χ1v) is 6.03. The minimum Gasteiger partial charge on any atom is -0.384 e. The van der Waals surface area contributed by atoms with E-state index in [4.69, 9.17) is 5.73 Å². The fraction of sp³-hybridized carbons (Fsp3) is 0.308. The van der Waals surface area contributed by atoms with Gasteiger partial charge in [0.1, 0.15) is 5.82 Å². The Bertz CT molecular complexity index is 603. The van der Waals surface area contributed by atoms with Crippen LogP contribution in [0.25, 0.3) is 0 Å². The second kappa shape index (κ2) is 5.09. The summed E-state index contributed by atoms with van der Waals surface area (Å²) in [6.07, 6.45) is 3.32. The molecule has 0 aromatic carbocycles. The number of nitrogen functional groups attached to an aromatic ring is 1. The van der Waals surface area contributed by atoms with Crippen LogP contribution in [0, 0.1) is 0 Å². The van der Waals surface area contributed by atoms with Crippen LogP contribution < -0.4 is 11.1 Å². The van der Waals surface area contributed by atoms with Crippen molar-refractivity contribution in [3.63, 3.8) is 0 Å². The van der Waals surface area contributed by atoms with Gasteiger partial charge in [-0.2, -0.15) is 5.10 Å². The lowest BCUT2D eigenvalue weighted by atomic mass is 10.1. The molecular weight excluding hydrogens is 242 g/mol. The van der Waals surface area contributed by atoms with Crippen LogP contribution in [0.4, 0.5) is 11.5 Å². The average Bonchev–Trinajstić information content (AvgIpc) is 2.73. The zero-order chi connectivity index (χ0) is 14.0. The van der Waals surface area contributed by atoms with Crippen LogP contribution in [-0.2, 0) is 7.05 Å². The lowest BCUT2D eigenvalue weighted by Crippen LogP contribution is -2.13. The normalized spacial score (nSPS) is 10.7. The SMILES string of the molecule is CC(C)c1cc(C(=O)Nc2cnn(C)c2)cc(N)n1. The third-order valence-electron chi connectivity index (χ3n) is 2.68. The molecule has 19 heavy (non-hydrogen) atoms. The van der Waals surface area contributed by atoms with Gasteiger partial charge in [-0.1, -0.05) is 13.8 Å². The molecule has 0 atom stereocenters. The molecular formula is C13H17N5O. The number of hydrogen-bond acceptors (Lipinski definition) is 4. The van der Waals surface area contributed by atoms with Gasteiger partial charge in [-0.15, -0.1) is 0 Å². The number of nitrogens with zero attached hydrogens (tertiary/aromatic N) is 3. The highest BCUT2D eigenvalue weighted by Gasteiger charge is 2.11. The number of amides is 1. The summed E-state index contributed by atoms with van der Waals surface area (Å²) in [5.41, 5.74) is 7.67. The fourth-order valence-corrected chi connectivity index (χ4v) is 1.69. The van der Waals surface area contributed by atoms with Crippen LogP contribution in [0.5, 0.6) is 0 Å². The van der Waals surface area contributed by atoms with Crippen LogP contribution in [-0.4, -0.2) is 20.7 Å². The van der Waals surface area contributed by atoms with Gasteiger partial charge in [0, 0.05) is 24.5 Å². The summed E-state index contributed by atoms with van der Waals surface area (Å²) in [5, 5.41) is 6.76. The third-order valence-corrected chi connectivity index (χ3v) is 2.68. The lowest BCUT2D eigenvalue weighted by Gasteiger charge is -2.09. The Morgan fingerprint density at radius 1 is 1.42 bits per heavy atom. The molecule has 0 spiro atoms. The molecule has 0 aliphatic rings. The minimum atomic E-state index is -0.219. The molecule has 2 aromatic rings. The van der Waals surface area contributed by atoms with E-state index in [1.165, 1.54) is 0 Å². The number of aromatic nitrogens is 3. The van der Waals surface area contributed by atoms with Gasteiger partial charge in [0.05, 0.1) is 11.9 Å². The first kappa shape index (κ1) is 13.1. The molecule has 3 N–H and O–H groups in total. The van der Waals surface area contributed by atoms with Gasteiger partial charge < -0.3 is 11.1 Å². The monoisotopic (exact) mass is 259 g/mol. The van der Waals surface area contributed by atoms with Gasteiger partial charge in [-0.05, 0) is 18.1 Å². The first-order valence-electron chi connectivity index (χ1n) is 6.03. The summed E-state index contributed by atoms with van der Waals surface area (Å²) in [7, 11) is 1.79. The van der Waals surface area contributed by atoms with E-state index in [1.807, 2.05) is 13.8 Å². The minimum absolute atomic E-state index is 0.216. The Morgan fingerprint density at radius 2 is 2.16 bits per heavy atom. The maximum Gasteiger partial charge on any atom is 0.255 e. The maximum absolute atomic E-state index is 12.1. The summed E-state index contributed by atoms with van der Waals surface area (Å²) in [4.78, 5) is 16.3. The highest BCUT2D eigenvalue weighted by Crippen LogP contribution is 2.17. The molecule has 0 aliphatic carbocycles. The van der Waals surface area contributed by atoms with E-state index in [2.05, 4.69) is 15.4 Å². The zero-order valence-corrected chi connectivity index (χ0v) is 11.2. The van der Waals surface area contributed by atoms with Gasteiger partial charge >= 0.3 is 0 Å². The van der Waals surface area contributed by atoms with Gasteiger partial charge in [0.25, 0.3) is 5.91 Å². The van der Waals surface area contributed by atoms with E-state index in [1.54, 1.807) is 36.3 Å². The van der Waals surface area contributed by atoms with Crippen molar-refractivity contribution in [3.8, 4) is 0 Å². The molecule has 1 amide bonds. The smallest absolute Gasteiger partial charge is 0.255 e. The Morgan fingerprint density at radius 3 is 2.74 bits per heavy atom. The third kappa shape index (κ3) is 3.09. The topological polar surface area (TPSA) is 85.8 Å². The van der Waals surface area contributed by atoms with Crippen LogP contribution in [0.15, 0.2) is 24.5 Å². The Labute approximate surface area is 111 Å². The zero-order valence-electron chi connectivity index (χ0n) is 11.2. The quantitative estimate of drug-likeness (QED) is 0.879. The molecule has 0 radical (unpaired) electrons. The van der Waals surface area contributed by atoms with E-state index in [0.29, 0.717) is 17.1 Å². The molecule has 0 aliphatic heterocycles. The number of carbonyl (C=O) groups is 1. The van der Waals surface area contributed by atoms with E-state index in [9.17, 15) is 4.79 Å². The van der Waals surface area contributed by atoms with Crippen LogP contribution >= 0.6 is 0 Å². The van der Waals surface area contributed by atoms with Crippen molar-refractivity contribution in [2.75, 3.05) is 11.1 Å². The molecule has 2 heterocycles. The standard InChI is InChI=1S/C13H17N5O/c1-8(2)11-4-9(5-12(14)17-11)13(19)16-10-6-15-18(3)7-10/h4-8H,1-3H3,(H2,14,17)(H,16,19). The van der Waals surface area contributed by atoms with Gasteiger partial charge in [-0.3, -0.25) is 9.48 Å². The van der Waals surface area contributed by atoms with E-state index >= 15 is 0 Å². The number of anilines is 2. The highest BCUT2D eigenvalue weighted by molar-refractivity contribution is 6.04. The molecule has 0 fully saturated rings. The summed E-state index contributed by atoms with van der Waals surface area (Å²) < 4.78 is 1.62. The molecule has 0 saturated carbocycles. The average molecular weight is 259 g/mol. The first-order chi connectivity index (χ1) is 8.95. The van der Waals surface area contributed by atoms with Gasteiger partial charge in [-0.25, -0.2) is 4.98 Å². The molecule has 0 unspecified atom stereocenters. The van der Waals surface area contributed by atoms with Crippen LogP contribution in [0.3, 0.4) is 0 Å². The number of rotatable bonds is 3. The van der Waals surface area contributed by atoms with Crippen molar-refractivity contribution in [3.05, 3.63) is 35.8 Å². The largest absolute Gasteiger partial charge is 0.384 e. The number of nitrogens with two attached hydrogens (primary N) is 1. The predicted molar refractivity (Wildman–Crippen MR) is 73.9 cm³/mol. The molecule has 2 aromatic heterocycles. The summed E-state index contributed by atoms with van der Waals surface area (Å²) in [5.74, 6) is 0.347. The predicted octanol–water partition coefficient (Wildman–Crippen LogP) is 1.77. The van der Waals surface area contributed by atoms with E-state index in [-0.39, 0.29) is 11.8 Å².